The minimum absolute atomic E-state index is 0. The van der Waals surface area contributed by atoms with Crippen molar-refractivity contribution in [2.24, 2.45) is 0 Å². The van der Waals surface area contributed by atoms with Crippen LogP contribution in [0.4, 0.5) is 0 Å². The summed E-state index contributed by atoms with van der Waals surface area (Å²) >= 11 is 3.49. The van der Waals surface area contributed by atoms with E-state index in [-0.39, 0.29) is 61.0 Å². The van der Waals surface area contributed by atoms with E-state index < -0.39 is 6.10 Å². The first-order valence-corrected chi connectivity index (χ1v) is 17.9. The van der Waals surface area contributed by atoms with Gasteiger partial charge in [-0.3, -0.25) is 9.69 Å². The number of halogens is 2. The number of aliphatic hydroxyl groups excluding tert-OH is 1. The zero-order chi connectivity index (χ0) is 36.5. The Balaban J connectivity index is 0.000000196. The molecule has 4 aromatic carbocycles. The maximum Gasteiger partial charge on any atom is 2.00 e. The SMILES string of the molecule is CC(Br)c1ccc2c(c1)OCO2.CC(O)c1ccc2c(c1)OCO2.CC(c1ccc2c(c1)OCO2)N1CCOCC1.O=Cc1ccc2c(c1)OCO2.[Br-].[CH3-].[Mg+2]. The van der Waals surface area contributed by atoms with Gasteiger partial charge in [-0.05, 0) is 92.1 Å². The van der Waals surface area contributed by atoms with Crippen molar-refractivity contribution in [1.82, 2.24) is 4.90 Å². The van der Waals surface area contributed by atoms with Crippen LogP contribution in [-0.2, 0) is 4.74 Å². The molecule has 1 N–H and O–H groups in total. The van der Waals surface area contributed by atoms with Gasteiger partial charge in [-0.25, -0.2) is 0 Å². The number of carbonyl (C=O) groups is 1. The third kappa shape index (κ3) is 12.3. The number of benzene rings is 4. The quantitative estimate of drug-likeness (QED) is 0.132. The number of hydrogen-bond donors (Lipinski definition) is 1. The molecule has 0 spiro atoms. The molecule has 0 aliphatic carbocycles. The third-order valence-corrected chi connectivity index (χ3v) is 9.27. The fraction of sp³-hybridized carbons (Fsp3) is 0.350. The van der Waals surface area contributed by atoms with Crippen molar-refractivity contribution in [2.45, 2.75) is 37.7 Å². The number of ether oxygens (including phenoxy) is 9. The molecule has 12 nitrogen and oxygen atoms in total. The van der Waals surface area contributed by atoms with Crippen molar-refractivity contribution in [1.29, 1.82) is 0 Å². The number of morpholine rings is 1. The molecule has 55 heavy (non-hydrogen) atoms. The number of hydrogen-bond acceptors (Lipinski definition) is 12. The monoisotopic (exact) mass is 897 g/mol. The summed E-state index contributed by atoms with van der Waals surface area (Å²) in [5, 5.41) is 9.26. The zero-order valence-corrected chi connectivity index (χ0v) is 35.9. The first-order valence-electron chi connectivity index (χ1n) is 17.0. The average Bonchev–Trinajstić information content (AvgIpc) is 4.01. The van der Waals surface area contributed by atoms with Gasteiger partial charge in [0.25, 0.3) is 0 Å². The minimum Gasteiger partial charge on any atom is -1.00 e. The summed E-state index contributed by atoms with van der Waals surface area (Å²) in [6, 6.07) is 23.1. The summed E-state index contributed by atoms with van der Waals surface area (Å²) in [4.78, 5) is 13.1. The number of nitrogens with zero attached hydrogens (tertiary/aromatic N) is 1. The molecule has 1 saturated heterocycles. The minimum atomic E-state index is -0.459. The predicted octanol–water partition coefficient (Wildman–Crippen LogP) is 4.45. The van der Waals surface area contributed by atoms with Gasteiger partial charge in [-0.15, -0.1) is 0 Å². The summed E-state index contributed by atoms with van der Waals surface area (Å²) in [6.07, 6.45) is 0.321. The van der Waals surface area contributed by atoms with Gasteiger partial charge in [0.2, 0.25) is 27.2 Å². The molecule has 5 aliphatic heterocycles. The molecular weight excluding hydrogens is 855 g/mol. The molecule has 0 radical (unpaired) electrons. The molecule has 5 aliphatic rings. The maximum absolute atomic E-state index is 10.3. The van der Waals surface area contributed by atoms with Crippen LogP contribution in [0.5, 0.6) is 46.0 Å². The molecule has 3 atom stereocenters. The third-order valence-electron chi connectivity index (χ3n) is 8.74. The van der Waals surface area contributed by atoms with Crippen molar-refractivity contribution in [3.63, 3.8) is 0 Å². The van der Waals surface area contributed by atoms with Gasteiger partial charge < -0.3 is 72.1 Å². The average molecular weight is 900 g/mol. The van der Waals surface area contributed by atoms with E-state index in [4.69, 9.17) is 42.6 Å². The van der Waals surface area contributed by atoms with E-state index in [1.54, 1.807) is 31.2 Å². The molecule has 4 aromatic rings. The molecule has 292 valence electrons. The Morgan fingerprint density at radius 1 is 0.600 bits per heavy atom. The number of aldehydes is 1. The molecular formula is C40H45Br2MgNO11. The van der Waals surface area contributed by atoms with Crippen LogP contribution in [0.2, 0.25) is 0 Å². The molecule has 9 rings (SSSR count). The molecule has 5 heterocycles. The Kier molecular flexibility index (Phi) is 18.7. The van der Waals surface area contributed by atoms with Crippen molar-refractivity contribution in [2.75, 3.05) is 53.5 Å². The van der Waals surface area contributed by atoms with E-state index in [0.717, 1.165) is 66.9 Å². The van der Waals surface area contributed by atoms with E-state index in [0.29, 0.717) is 47.3 Å². The molecule has 15 heteroatoms. The molecule has 0 amide bonds. The molecule has 0 saturated carbocycles. The van der Waals surface area contributed by atoms with Gasteiger partial charge in [-0.2, -0.15) is 0 Å². The number of rotatable bonds is 5. The summed E-state index contributed by atoms with van der Waals surface area (Å²) in [6.45, 7) is 10.9. The Morgan fingerprint density at radius 2 is 0.982 bits per heavy atom. The number of aliphatic hydroxyl groups is 1. The van der Waals surface area contributed by atoms with Crippen LogP contribution in [0, 0.1) is 7.43 Å². The van der Waals surface area contributed by atoms with Gasteiger partial charge in [0, 0.05) is 29.5 Å². The second-order valence-corrected chi connectivity index (χ2v) is 13.6. The van der Waals surface area contributed by atoms with E-state index in [9.17, 15) is 9.90 Å². The van der Waals surface area contributed by atoms with Crippen molar-refractivity contribution < 1.29 is 69.5 Å². The van der Waals surface area contributed by atoms with Crippen LogP contribution in [0.3, 0.4) is 0 Å². The Labute approximate surface area is 357 Å². The maximum atomic E-state index is 10.3. The first-order chi connectivity index (χ1) is 25.3. The Morgan fingerprint density at radius 3 is 1.44 bits per heavy atom. The fourth-order valence-electron chi connectivity index (χ4n) is 5.67. The normalized spacial score (nSPS) is 16.3. The summed E-state index contributed by atoms with van der Waals surface area (Å²) in [7, 11) is 0. The first kappa shape index (κ1) is 45.9. The smallest absolute Gasteiger partial charge is 1.00 e. The summed E-state index contributed by atoms with van der Waals surface area (Å²) in [5.74, 6) is 6.22. The molecule has 3 unspecified atom stereocenters. The van der Waals surface area contributed by atoms with Gasteiger partial charge in [0.1, 0.15) is 6.29 Å². The van der Waals surface area contributed by atoms with E-state index in [1.807, 2.05) is 36.4 Å². The standard InChI is InChI=1S/C13H17NO3.C9H9BrO2.C9H10O3.C8H6O3.CH3.BrH.Mg/c1-10(14-4-6-15-7-5-14)11-2-3-12-13(8-11)17-9-16-12;2*1-6(10)7-2-3-8-9(4-7)12-5-11-8;9-4-6-1-2-7-8(3-6)11-5-10-7;;;/h2-3,8,10H,4-7,9H2,1H3;2-4,6H,5H2,1H3;2-4,6,10H,5H2,1H3;1-4H,5H2;1H3;1H;/q;;;;-1;;+2/p-1. The second kappa shape index (κ2) is 22.3. The zero-order valence-electron chi connectivity index (χ0n) is 31.3. The van der Waals surface area contributed by atoms with Gasteiger partial charge >= 0.3 is 23.1 Å². The predicted molar refractivity (Wildman–Crippen MR) is 207 cm³/mol. The van der Waals surface area contributed by atoms with E-state index in [2.05, 4.69) is 46.8 Å². The number of alkyl halides is 1. The van der Waals surface area contributed by atoms with Gasteiger partial charge in [-0.1, -0.05) is 34.1 Å². The topological polar surface area (TPSA) is 124 Å². The molecule has 0 aromatic heterocycles. The van der Waals surface area contributed by atoms with Gasteiger partial charge in [0.05, 0.1) is 19.3 Å². The van der Waals surface area contributed by atoms with Crippen LogP contribution in [0.25, 0.3) is 0 Å². The molecule has 0 bridgehead atoms. The van der Waals surface area contributed by atoms with E-state index >= 15 is 0 Å². The fourth-order valence-corrected chi connectivity index (χ4v) is 5.95. The van der Waals surface area contributed by atoms with Crippen molar-refractivity contribution in [3.8, 4) is 46.0 Å². The number of carbonyl (C=O) groups excluding carboxylic acids is 1. The largest absolute Gasteiger partial charge is 2.00 e. The van der Waals surface area contributed by atoms with Crippen LogP contribution in [0.1, 0.15) is 64.8 Å². The van der Waals surface area contributed by atoms with Crippen molar-refractivity contribution in [3.05, 3.63) is 102 Å². The van der Waals surface area contributed by atoms with Crippen LogP contribution in [0.15, 0.2) is 72.8 Å². The number of fused-ring (bicyclic) bond motifs is 4. The van der Waals surface area contributed by atoms with Crippen LogP contribution >= 0.6 is 15.9 Å². The summed E-state index contributed by atoms with van der Waals surface area (Å²) < 4.78 is 47.0. The van der Waals surface area contributed by atoms with Crippen molar-refractivity contribution >= 4 is 45.3 Å². The van der Waals surface area contributed by atoms with Crippen LogP contribution in [-0.4, -0.2) is 92.8 Å². The van der Waals surface area contributed by atoms with E-state index in [1.165, 1.54) is 11.1 Å². The summed E-state index contributed by atoms with van der Waals surface area (Å²) in [5.41, 5.74) is 3.93. The Bertz CT molecular complexity index is 1760. The van der Waals surface area contributed by atoms with Crippen LogP contribution < -0.4 is 54.9 Å². The Hall–Kier alpha value is -3.44. The van der Waals surface area contributed by atoms with Gasteiger partial charge in [0.15, 0.2) is 46.0 Å². The second-order valence-electron chi connectivity index (χ2n) is 12.2. The molecule has 1 fully saturated rings.